The zero-order chi connectivity index (χ0) is 10.4. The van der Waals surface area contributed by atoms with Gasteiger partial charge in [-0.15, -0.1) is 0 Å². The van der Waals surface area contributed by atoms with Gasteiger partial charge in [-0.3, -0.25) is 4.98 Å². The summed E-state index contributed by atoms with van der Waals surface area (Å²) in [4.78, 5) is 11.2. The number of aromatic amines is 1. The smallest absolute Gasteiger partial charge is 0.143 e. The summed E-state index contributed by atoms with van der Waals surface area (Å²) in [6.45, 7) is 0. The van der Waals surface area contributed by atoms with E-state index >= 15 is 0 Å². The summed E-state index contributed by atoms with van der Waals surface area (Å²) in [5, 5.41) is 11.4. The lowest BCUT2D eigenvalue weighted by Gasteiger charge is -1.94. The minimum atomic E-state index is 0.165. The van der Waals surface area contributed by atoms with E-state index in [0.29, 0.717) is 0 Å². The molecule has 2 N–H and O–H groups in total. The number of H-pyrrole nitrogens is 1. The average Bonchev–Trinajstić information content (AvgIpc) is 2.57. The molecule has 5 heteroatoms. The Labute approximate surface area is 93.1 Å². The van der Waals surface area contributed by atoms with Crippen molar-refractivity contribution in [3.63, 3.8) is 0 Å². The second-order valence-electron chi connectivity index (χ2n) is 3.26. The van der Waals surface area contributed by atoms with Crippen LogP contribution in [0.25, 0.3) is 21.9 Å². The van der Waals surface area contributed by atoms with Crippen molar-refractivity contribution in [1.82, 2.24) is 15.0 Å². The fraction of sp³-hybridized carbons (Fsp3) is 0. The van der Waals surface area contributed by atoms with Crippen LogP contribution < -0.4 is 0 Å². The molecule has 4 nitrogen and oxygen atoms in total. The summed E-state index contributed by atoms with van der Waals surface area (Å²) < 4.78 is 0.882. The third-order valence-corrected chi connectivity index (χ3v) is 2.74. The van der Waals surface area contributed by atoms with Crippen molar-refractivity contribution in [3.8, 4) is 5.75 Å². The molecule has 0 radical (unpaired) electrons. The van der Waals surface area contributed by atoms with Crippen LogP contribution in [0.5, 0.6) is 5.75 Å². The number of pyridine rings is 2. The van der Waals surface area contributed by atoms with Crippen LogP contribution in [0.3, 0.4) is 0 Å². The Balaban J connectivity index is 2.61. The SMILES string of the molecule is Oc1cncc2[nH]c3ncc(Br)cc3c12. The van der Waals surface area contributed by atoms with Crippen molar-refractivity contribution in [2.45, 2.75) is 0 Å². The maximum Gasteiger partial charge on any atom is 0.143 e. The Morgan fingerprint density at radius 3 is 3.00 bits per heavy atom. The molecule has 0 saturated carbocycles. The standard InChI is InChI=1S/C10H6BrN3O/c11-5-1-6-9-7(3-12-4-8(9)15)14-10(6)13-2-5/h1-4,15H,(H,13,14). The minimum absolute atomic E-state index is 0.165. The van der Waals surface area contributed by atoms with Gasteiger partial charge >= 0.3 is 0 Å². The van der Waals surface area contributed by atoms with E-state index in [1.165, 1.54) is 6.20 Å². The van der Waals surface area contributed by atoms with Crippen LogP contribution >= 0.6 is 15.9 Å². The quantitative estimate of drug-likeness (QED) is 0.656. The number of aromatic nitrogens is 3. The third-order valence-electron chi connectivity index (χ3n) is 2.30. The van der Waals surface area contributed by atoms with Gasteiger partial charge in [-0.25, -0.2) is 4.98 Å². The van der Waals surface area contributed by atoms with E-state index in [4.69, 9.17) is 0 Å². The lowest BCUT2D eigenvalue weighted by atomic mass is 10.2. The summed E-state index contributed by atoms with van der Waals surface area (Å²) in [6, 6.07) is 1.92. The summed E-state index contributed by atoms with van der Waals surface area (Å²) in [6.07, 6.45) is 4.81. The molecule has 0 bridgehead atoms. The predicted octanol–water partition coefficient (Wildman–Crippen LogP) is 2.58. The highest BCUT2D eigenvalue weighted by atomic mass is 79.9. The highest BCUT2D eigenvalue weighted by Gasteiger charge is 2.09. The van der Waals surface area contributed by atoms with E-state index < -0.39 is 0 Å². The number of hydrogen-bond donors (Lipinski definition) is 2. The van der Waals surface area contributed by atoms with Gasteiger partial charge in [-0.2, -0.15) is 0 Å². The lowest BCUT2D eigenvalue weighted by molar-refractivity contribution is 0.479. The van der Waals surface area contributed by atoms with Crippen molar-refractivity contribution in [2.75, 3.05) is 0 Å². The van der Waals surface area contributed by atoms with Gasteiger partial charge in [-0.05, 0) is 22.0 Å². The van der Waals surface area contributed by atoms with Crippen LogP contribution in [-0.2, 0) is 0 Å². The molecule has 3 aromatic heterocycles. The van der Waals surface area contributed by atoms with Gasteiger partial charge in [-0.1, -0.05) is 0 Å². The summed E-state index contributed by atoms with van der Waals surface area (Å²) in [5.41, 5.74) is 1.53. The fourth-order valence-corrected chi connectivity index (χ4v) is 2.02. The van der Waals surface area contributed by atoms with Gasteiger partial charge in [0.2, 0.25) is 0 Å². The largest absolute Gasteiger partial charge is 0.506 e. The first kappa shape index (κ1) is 8.67. The van der Waals surface area contributed by atoms with Crippen LogP contribution in [0, 0.1) is 0 Å². The van der Waals surface area contributed by atoms with E-state index in [1.54, 1.807) is 12.4 Å². The van der Waals surface area contributed by atoms with Crippen molar-refractivity contribution >= 4 is 37.9 Å². The first-order valence-electron chi connectivity index (χ1n) is 4.35. The second kappa shape index (κ2) is 2.93. The van der Waals surface area contributed by atoms with Crippen LogP contribution in [0.15, 0.2) is 29.1 Å². The first-order chi connectivity index (χ1) is 7.25. The lowest BCUT2D eigenvalue weighted by Crippen LogP contribution is -1.74. The maximum atomic E-state index is 9.72. The van der Waals surface area contributed by atoms with Gasteiger partial charge < -0.3 is 10.1 Å². The van der Waals surface area contributed by atoms with Crippen LogP contribution in [0.1, 0.15) is 0 Å². The number of nitrogens with zero attached hydrogens (tertiary/aromatic N) is 2. The third kappa shape index (κ3) is 1.20. The Hall–Kier alpha value is -1.62. The second-order valence-corrected chi connectivity index (χ2v) is 4.17. The van der Waals surface area contributed by atoms with E-state index in [9.17, 15) is 5.11 Å². The molecule has 0 unspecified atom stereocenters. The predicted molar refractivity (Wildman–Crippen MR) is 60.8 cm³/mol. The minimum Gasteiger partial charge on any atom is -0.506 e. The van der Waals surface area contributed by atoms with E-state index in [-0.39, 0.29) is 5.75 Å². The van der Waals surface area contributed by atoms with E-state index in [0.717, 1.165) is 26.4 Å². The highest BCUT2D eigenvalue weighted by Crippen LogP contribution is 2.31. The molecule has 74 valence electrons. The Morgan fingerprint density at radius 1 is 1.27 bits per heavy atom. The van der Waals surface area contributed by atoms with Gasteiger partial charge in [0.05, 0.1) is 23.3 Å². The van der Waals surface area contributed by atoms with Gasteiger partial charge in [0, 0.05) is 16.1 Å². The zero-order valence-corrected chi connectivity index (χ0v) is 9.12. The summed E-state index contributed by atoms with van der Waals surface area (Å²) in [7, 11) is 0. The van der Waals surface area contributed by atoms with E-state index in [1.807, 2.05) is 6.07 Å². The molecule has 0 aromatic carbocycles. The number of halogens is 1. The number of aromatic hydroxyl groups is 1. The van der Waals surface area contributed by atoms with Gasteiger partial charge in [0.15, 0.2) is 0 Å². The molecule has 0 saturated heterocycles. The van der Waals surface area contributed by atoms with Crippen LogP contribution in [-0.4, -0.2) is 20.1 Å². The van der Waals surface area contributed by atoms with Crippen molar-refractivity contribution in [1.29, 1.82) is 0 Å². The maximum absolute atomic E-state index is 9.72. The molecule has 0 fully saturated rings. The fourth-order valence-electron chi connectivity index (χ4n) is 1.68. The molecular weight excluding hydrogens is 258 g/mol. The zero-order valence-electron chi connectivity index (χ0n) is 7.53. The van der Waals surface area contributed by atoms with Crippen molar-refractivity contribution in [3.05, 3.63) is 29.1 Å². The monoisotopic (exact) mass is 263 g/mol. The molecule has 0 aliphatic carbocycles. The Morgan fingerprint density at radius 2 is 2.13 bits per heavy atom. The topological polar surface area (TPSA) is 61.8 Å². The van der Waals surface area contributed by atoms with Crippen LogP contribution in [0.2, 0.25) is 0 Å². The highest BCUT2D eigenvalue weighted by molar-refractivity contribution is 9.10. The first-order valence-corrected chi connectivity index (χ1v) is 5.15. The molecule has 3 rings (SSSR count). The molecule has 3 aromatic rings. The van der Waals surface area contributed by atoms with Crippen molar-refractivity contribution in [2.24, 2.45) is 0 Å². The Bertz CT molecular complexity index is 662. The average molecular weight is 264 g/mol. The van der Waals surface area contributed by atoms with Crippen LogP contribution in [0.4, 0.5) is 0 Å². The summed E-state index contributed by atoms with van der Waals surface area (Å²) in [5.74, 6) is 0.165. The molecular formula is C10H6BrN3O. The number of rotatable bonds is 0. The molecule has 0 aliphatic rings. The number of nitrogens with one attached hydrogen (secondary N) is 1. The molecule has 0 atom stereocenters. The molecule has 0 aliphatic heterocycles. The van der Waals surface area contributed by atoms with Gasteiger partial charge in [0.25, 0.3) is 0 Å². The number of fused-ring (bicyclic) bond motifs is 3. The van der Waals surface area contributed by atoms with Crippen molar-refractivity contribution < 1.29 is 5.11 Å². The van der Waals surface area contributed by atoms with E-state index in [2.05, 4.69) is 30.9 Å². The molecule has 15 heavy (non-hydrogen) atoms. The number of hydrogen-bond acceptors (Lipinski definition) is 3. The molecule has 0 spiro atoms. The summed E-state index contributed by atoms with van der Waals surface area (Å²) >= 11 is 3.35. The normalized spacial score (nSPS) is 11.3. The molecule has 3 heterocycles. The molecule has 0 amide bonds. The Kier molecular flexibility index (Phi) is 1.70. The van der Waals surface area contributed by atoms with Gasteiger partial charge in [0.1, 0.15) is 11.4 Å².